The van der Waals surface area contributed by atoms with E-state index in [0.29, 0.717) is 32.4 Å². The molecule has 1 aromatic rings. The van der Waals surface area contributed by atoms with E-state index in [9.17, 15) is 14.4 Å². The molecule has 170 valence electrons. The Labute approximate surface area is 183 Å². The predicted octanol–water partition coefficient (Wildman–Crippen LogP) is 1.40. The molecule has 9 nitrogen and oxygen atoms in total. The van der Waals surface area contributed by atoms with Crippen LogP contribution in [0.25, 0.3) is 0 Å². The van der Waals surface area contributed by atoms with Crippen LogP contribution >= 0.6 is 0 Å². The average molecular weight is 431 g/mol. The van der Waals surface area contributed by atoms with Crippen LogP contribution in [0, 0.1) is 0 Å². The fourth-order valence-corrected chi connectivity index (χ4v) is 5.17. The molecule has 0 aliphatic carbocycles. The van der Waals surface area contributed by atoms with Crippen molar-refractivity contribution >= 4 is 17.8 Å². The molecule has 4 heterocycles. The zero-order chi connectivity index (χ0) is 22.2. The molecule has 4 rings (SSSR count). The minimum absolute atomic E-state index is 0.00274. The number of hydrogen-bond acceptors (Lipinski definition) is 5. The smallest absolute Gasteiger partial charge is 0.325 e. The molecule has 31 heavy (non-hydrogen) atoms. The molecule has 9 heteroatoms. The summed E-state index contributed by atoms with van der Waals surface area (Å²) in [5, 5.41) is 3.00. The first-order valence-electron chi connectivity index (χ1n) is 11.5. The van der Waals surface area contributed by atoms with Gasteiger partial charge in [-0.3, -0.25) is 14.5 Å². The number of piperidine rings is 1. The number of likely N-dealkylation sites (tertiary alicyclic amines) is 2. The number of carbonyl (C=O) groups is 3. The van der Waals surface area contributed by atoms with Crippen molar-refractivity contribution in [1.29, 1.82) is 0 Å². The second-order valence-corrected chi connectivity index (χ2v) is 9.38. The van der Waals surface area contributed by atoms with Gasteiger partial charge in [-0.25, -0.2) is 9.78 Å². The summed E-state index contributed by atoms with van der Waals surface area (Å²) in [7, 11) is 0. The molecule has 0 radical (unpaired) electrons. The fourth-order valence-electron chi connectivity index (χ4n) is 5.17. The number of imide groups is 1. The first kappa shape index (κ1) is 21.8. The van der Waals surface area contributed by atoms with E-state index in [4.69, 9.17) is 0 Å². The maximum Gasteiger partial charge on any atom is 0.325 e. The molecular formula is C22H34N6O3. The maximum absolute atomic E-state index is 13.3. The Morgan fingerprint density at radius 1 is 1.26 bits per heavy atom. The number of carbonyl (C=O) groups excluding carboxylic acids is 3. The van der Waals surface area contributed by atoms with Crippen molar-refractivity contribution in [2.24, 2.45) is 0 Å². The Hall–Kier alpha value is -2.42. The zero-order valence-electron chi connectivity index (χ0n) is 18.8. The Bertz CT molecular complexity index is 842. The number of rotatable bonds is 6. The SMILES string of the molecule is CCCN1CCC2(CC1)NC(=O)N([C@H]1CCN(C(=O)Cn3ccnc3C(C)C)C1)C2=O. The van der Waals surface area contributed by atoms with Crippen molar-refractivity contribution in [2.45, 2.75) is 70.5 Å². The molecule has 1 aromatic heterocycles. The minimum atomic E-state index is -0.762. The summed E-state index contributed by atoms with van der Waals surface area (Å²) >= 11 is 0. The van der Waals surface area contributed by atoms with Crippen molar-refractivity contribution in [3.63, 3.8) is 0 Å². The number of nitrogens with zero attached hydrogens (tertiary/aromatic N) is 5. The highest BCUT2D eigenvalue weighted by Crippen LogP contribution is 2.32. The van der Waals surface area contributed by atoms with Crippen LogP contribution in [0.4, 0.5) is 4.79 Å². The maximum atomic E-state index is 13.3. The monoisotopic (exact) mass is 430 g/mol. The first-order valence-corrected chi connectivity index (χ1v) is 11.5. The first-order chi connectivity index (χ1) is 14.8. The van der Waals surface area contributed by atoms with Crippen LogP contribution in [0.1, 0.15) is 58.2 Å². The lowest BCUT2D eigenvalue weighted by molar-refractivity contribution is -0.135. The molecule has 3 aliphatic heterocycles. The predicted molar refractivity (Wildman–Crippen MR) is 115 cm³/mol. The molecule has 1 atom stereocenters. The number of aromatic nitrogens is 2. The van der Waals surface area contributed by atoms with Gasteiger partial charge in [0.2, 0.25) is 5.91 Å². The second-order valence-electron chi connectivity index (χ2n) is 9.38. The van der Waals surface area contributed by atoms with E-state index in [1.807, 2.05) is 10.8 Å². The highest BCUT2D eigenvalue weighted by Gasteiger charge is 2.54. The summed E-state index contributed by atoms with van der Waals surface area (Å²) < 4.78 is 1.88. The number of nitrogens with one attached hydrogen (secondary N) is 1. The fraction of sp³-hybridized carbons (Fsp3) is 0.727. The summed E-state index contributed by atoms with van der Waals surface area (Å²) in [5.74, 6) is 1.01. The van der Waals surface area contributed by atoms with Gasteiger partial charge < -0.3 is 19.7 Å². The lowest BCUT2D eigenvalue weighted by atomic mass is 9.87. The van der Waals surface area contributed by atoms with Gasteiger partial charge in [0.1, 0.15) is 17.9 Å². The third-order valence-corrected chi connectivity index (χ3v) is 6.89. The summed E-state index contributed by atoms with van der Waals surface area (Å²) in [6.07, 6.45) is 6.57. The largest absolute Gasteiger partial charge is 0.339 e. The highest BCUT2D eigenvalue weighted by molar-refractivity contribution is 6.07. The van der Waals surface area contributed by atoms with Crippen LogP contribution in [0.5, 0.6) is 0 Å². The third-order valence-electron chi connectivity index (χ3n) is 6.89. The van der Waals surface area contributed by atoms with E-state index in [2.05, 4.69) is 36.0 Å². The molecule has 1 N–H and O–H groups in total. The van der Waals surface area contributed by atoms with E-state index < -0.39 is 5.54 Å². The Morgan fingerprint density at radius 3 is 2.68 bits per heavy atom. The van der Waals surface area contributed by atoms with Gasteiger partial charge in [-0.1, -0.05) is 20.8 Å². The number of amides is 4. The van der Waals surface area contributed by atoms with Gasteiger partial charge in [-0.05, 0) is 32.2 Å². The lowest BCUT2D eigenvalue weighted by Gasteiger charge is -2.37. The highest BCUT2D eigenvalue weighted by atomic mass is 16.2. The molecule has 3 fully saturated rings. The quantitative estimate of drug-likeness (QED) is 0.689. The van der Waals surface area contributed by atoms with Gasteiger partial charge in [0.05, 0.1) is 6.04 Å². The van der Waals surface area contributed by atoms with Crippen molar-refractivity contribution in [3.05, 3.63) is 18.2 Å². The summed E-state index contributed by atoms with van der Waals surface area (Å²) in [6, 6.07) is -0.554. The second kappa shape index (κ2) is 8.61. The van der Waals surface area contributed by atoms with Crippen LogP contribution < -0.4 is 5.32 Å². The topological polar surface area (TPSA) is 90.8 Å². The van der Waals surface area contributed by atoms with Gasteiger partial charge in [0.25, 0.3) is 5.91 Å². The third kappa shape index (κ3) is 4.07. The molecule has 0 aromatic carbocycles. The molecule has 1 spiro atoms. The van der Waals surface area contributed by atoms with Crippen molar-refractivity contribution in [3.8, 4) is 0 Å². The van der Waals surface area contributed by atoms with E-state index in [1.54, 1.807) is 11.1 Å². The molecule has 3 aliphatic rings. The minimum Gasteiger partial charge on any atom is -0.339 e. The van der Waals surface area contributed by atoms with Gasteiger partial charge in [-0.15, -0.1) is 0 Å². The van der Waals surface area contributed by atoms with Gasteiger partial charge in [-0.2, -0.15) is 0 Å². The normalized spacial score (nSPS) is 23.9. The van der Waals surface area contributed by atoms with Gasteiger partial charge >= 0.3 is 6.03 Å². The van der Waals surface area contributed by atoms with Crippen molar-refractivity contribution in [1.82, 2.24) is 29.6 Å². The lowest BCUT2D eigenvalue weighted by Crippen LogP contribution is -2.55. The van der Waals surface area contributed by atoms with E-state index in [1.165, 1.54) is 4.90 Å². The van der Waals surface area contributed by atoms with Crippen molar-refractivity contribution < 1.29 is 14.4 Å². The van der Waals surface area contributed by atoms with Crippen LogP contribution in [-0.2, 0) is 16.1 Å². The molecule has 0 saturated carbocycles. The molecule has 0 bridgehead atoms. The molecule has 3 saturated heterocycles. The summed E-state index contributed by atoms with van der Waals surface area (Å²) in [5.41, 5.74) is -0.762. The number of hydrogen-bond donors (Lipinski definition) is 1. The van der Waals surface area contributed by atoms with Crippen LogP contribution in [0.15, 0.2) is 12.4 Å². The molecular weight excluding hydrogens is 396 g/mol. The zero-order valence-corrected chi connectivity index (χ0v) is 18.8. The van der Waals surface area contributed by atoms with E-state index in [0.717, 1.165) is 31.9 Å². The molecule has 0 unspecified atom stereocenters. The van der Waals surface area contributed by atoms with E-state index >= 15 is 0 Å². The Morgan fingerprint density at radius 2 is 2.00 bits per heavy atom. The summed E-state index contributed by atoms with van der Waals surface area (Å²) in [6.45, 7) is 10.1. The van der Waals surface area contributed by atoms with Crippen LogP contribution in [0.2, 0.25) is 0 Å². The van der Waals surface area contributed by atoms with Crippen molar-refractivity contribution in [2.75, 3.05) is 32.7 Å². The van der Waals surface area contributed by atoms with E-state index in [-0.39, 0.29) is 36.3 Å². The Kier molecular flexibility index (Phi) is 6.05. The summed E-state index contributed by atoms with van der Waals surface area (Å²) in [4.78, 5) is 48.8. The van der Waals surface area contributed by atoms with Crippen LogP contribution in [0.3, 0.4) is 0 Å². The average Bonchev–Trinajstić information content (AvgIpc) is 3.44. The number of urea groups is 1. The van der Waals surface area contributed by atoms with Gasteiger partial charge in [0, 0.05) is 44.5 Å². The van der Waals surface area contributed by atoms with Gasteiger partial charge in [0.15, 0.2) is 0 Å². The Balaban J connectivity index is 1.38. The van der Waals surface area contributed by atoms with Crippen LogP contribution in [-0.4, -0.2) is 86.4 Å². The number of imidazole rings is 1. The molecule has 4 amide bonds. The standard InChI is InChI=1S/C22H34N6O3/c1-4-9-25-11-6-22(7-12-25)20(30)28(21(31)24-22)17-5-10-26(14-17)18(29)15-27-13-8-23-19(27)16(2)3/h8,13,16-17H,4-7,9-12,14-15H2,1-3H3,(H,24,31)/t17-/m0/s1.